The molecule has 5 N–H and O–H groups in total. The molecule has 34 heavy (non-hydrogen) atoms. The lowest BCUT2D eigenvalue weighted by Crippen LogP contribution is -2.32. The minimum Gasteiger partial charge on any atom is -0.382 e. The Morgan fingerprint density at radius 1 is 1.24 bits per heavy atom. The summed E-state index contributed by atoms with van der Waals surface area (Å²) in [5.74, 6) is 0.794. The van der Waals surface area contributed by atoms with E-state index in [4.69, 9.17) is 28.1 Å². The summed E-state index contributed by atoms with van der Waals surface area (Å²) in [5, 5.41) is 13.4. The average molecular weight is 474 g/mol. The molecule has 170 valence electrons. The summed E-state index contributed by atoms with van der Waals surface area (Å²) in [6.07, 6.45) is 4.90. The summed E-state index contributed by atoms with van der Waals surface area (Å²) in [4.78, 5) is 30.9. The molecule has 10 nitrogen and oxygen atoms in total. The Labute approximate surface area is 199 Å². The van der Waals surface area contributed by atoms with Gasteiger partial charge in [0, 0.05) is 18.2 Å². The number of nitrogens with one attached hydrogen (secondary N) is 1. The van der Waals surface area contributed by atoms with Crippen LogP contribution in [-0.2, 0) is 5.41 Å². The molecule has 1 aliphatic carbocycles. The molecule has 0 aliphatic heterocycles. The Balaban J connectivity index is 1.66. The summed E-state index contributed by atoms with van der Waals surface area (Å²) in [6.45, 7) is 2.26. The second kappa shape index (κ2) is 7.97. The lowest BCUT2D eigenvalue weighted by atomic mass is 10.0. The van der Waals surface area contributed by atoms with Gasteiger partial charge in [0.2, 0.25) is 5.95 Å². The summed E-state index contributed by atoms with van der Waals surface area (Å²) < 4.78 is 1.58. The molecule has 3 aromatic heterocycles. The molecule has 0 amide bonds. The van der Waals surface area contributed by atoms with Crippen LogP contribution in [0.5, 0.6) is 0 Å². The first-order chi connectivity index (χ1) is 16.3. The molecule has 0 saturated heterocycles. The van der Waals surface area contributed by atoms with Gasteiger partial charge in [-0.25, -0.2) is 4.98 Å². The highest BCUT2D eigenvalue weighted by molar-refractivity contribution is 6.35. The van der Waals surface area contributed by atoms with Gasteiger partial charge in [0.05, 0.1) is 27.8 Å². The van der Waals surface area contributed by atoms with Crippen molar-refractivity contribution in [2.45, 2.75) is 25.2 Å². The number of halogens is 1. The first-order valence-electron chi connectivity index (χ1n) is 10.5. The van der Waals surface area contributed by atoms with Crippen LogP contribution >= 0.6 is 11.6 Å². The second-order valence-electron chi connectivity index (χ2n) is 8.37. The summed E-state index contributed by atoms with van der Waals surface area (Å²) in [6, 6.07) is 9.10. The van der Waals surface area contributed by atoms with Crippen molar-refractivity contribution in [2.75, 3.05) is 23.3 Å². The molecule has 4 aromatic rings. The predicted octanol–water partition coefficient (Wildman–Crippen LogP) is 2.71. The van der Waals surface area contributed by atoms with Crippen LogP contribution in [0, 0.1) is 18.3 Å². The summed E-state index contributed by atoms with van der Waals surface area (Å²) in [5.41, 5.74) is 13.0. The lowest BCUT2D eigenvalue weighted by Gasteiger charge is -2.22. The highest BCUT2D eigenvalue weighted by Gasteiger charge is 2.48. The van der Waals surface area contributed by atoms with Gasteiger partial charge in [-0.1, -0.05) is 17.7 Å². The van der Waals surface area contributed by atoms with E-state index in [1.54, 1.807) is 35.2 Å². The minimum atomic E-state index is -0.486. The molecule has 0 bridgehead atoms. The van der Waals surface area contributed by atoms with Gasteiger partial charge in [0.15, 0.2) is 5.82 Å². The SMILES string of the molecule is Cc1cncc(-n2c(C3(CNc4nc(N)nc(N)c4C#N)CC3)nc3cccc(Cl)c3c2=O)c1. The van der Waals surface area contributed by atoms with Crippen LogP contribution in [0.4, 0.5) is 17.6 Å². The molecular formula is C23H20ClN9O. The number of fused-ring (bicyclic) bond motifs is 1. The van der Waals surface area contributed by atoms with Gasteiger partial charge in [-0.15, -0.1) is 0 Å². The molecule has 1 saturated carbocycles. The third-order valence-electron chi connectivity index (χ3n) is 5.95. The van der Waals surface area contributed by atoms with Gasteiger partial charge in [0.25, 0.3) is 5.56 Å². The zero-order valence-corrected chi connectivity index (χ0v) is 19.0. The molecule has 0 spiro atoms. The molecular weight excluding hydrogens is 454 g/mol. The van der Waals surface area contributed by atoms with E-state index >= 15 is 0 Å². The fraction of sp³-hybridized carbons (Fsp3) is 0.217. The van der Waals surface area contributed by atoms with Crippen molar-refractivity contribution in [3.8, 4) is 11.8 Å². The number of aromatic nitrogens is 5. The zero-order chi connectivity index (χ0) is 24.0. The molecule has 11 heteroatoms. The van der Waals surface area contributed by atoms with Gasteiger partial charge in [-0.05, 0) is 43.5 Å². The number of nitriles is 1. The van der Waals surface area contributed by atoms with E-state index in [2.05, 4.69) is 20.3 Å². The van der Waals surface area contributed by atoms with Crippen LogP contribution in [0.15, 0.2) is 41.5 Å². The Bertz CT molecular complexity index is 1550. The van der Waals surface area contributed by atoms with E-state index in [1.807, 2.05) is 19.1 Å². The normalized spacial score (nSPS) is 14.0. The van der Waals surface area contributed by atoms with E-state index in [0.717, 1.165) is 18.4 Å². The topological polar surface area (TPSA) is 161 Å². The molecule has 5 rings (SSSR count). The number of hydrogen-bond acceptors (Lipinski definition) is 9. The fourth-order valence-electron chi connectivity index (χ4n) is 4.06. The lowest BCUT2D eigenvalue weighted by molar-refractivity contribution is 0.636. The Morgan fingerprint density at radius 2 is 2.03 bits per heavy atom. The van der Waals surface area contributed by atoms with Gasteiger partial charge < -0.3 is 16.8 Å². The Morgan fingerprint density at radius 3 is 2.74 bits per heavy atom. The summed E-state index contributed by atoms with van der Waals surface area (Å²) >= 11 is 6.39. The van der Waals surface area contributed by atoms with Gasteiger partial charge >= 0.3 is 0 Å². The van der Waals surface area contributed by atoms with Gasteiger partial charge in [-0.2, -0.15) is 15.2 Å². The highest BCUT2D eigenvalue weighted by atomic mass is 35.5. The first-order valence-corrected chi connectivity index (χ1v) is 10.9. The van der Waals surface area contributed by atoms with Gasteiger partial charge in [0.1, 0.15) is 23.3 Å². The average Bonchev–Trinajstić information content (AvgIpc) is 3.58. The standard InChI is InChI=1S/C23H20ClN9O/c1-12-7-13(10-28-9-12)33-20(34)17-15(24)3-2-4-16(17)30-21(33)23(5-6-23)11-29-19-14(8-25)18(26)31-22(27)32-19/h2-4,7,9-10H,5-6,11H2,1H3,(H5,26,27,29,31,32). The second-order valence-corrected chi connectivity index (χ2v) is 8.77. The van der Waals surface area contributed by atoms with Crippen LogP contribution in [0.25, 0.3) is 16.6 Å². The number of nitrogens with zero attached hydrogens (tertiary/aromatic N) is 6. The third kappa shape index (κ3) is 3.56. The maximum atomic E-state index is 13.7. The molecule has 0 unspecified atom stereocenters. The van der Waals surface area contributed by atoms with Crippen molar-refractivity contribution in [3.05, 3.63) is 69.0 Å². The first kappa shape index (κ1) is 21.6. The number of hydrogen-bond donors (Lipinski definition) is 3. The fourth-order valence-corrected chi connectivity index (χ4v) is 4.31. The predicted molar refractivity (Wildman–Crippen MR) is 130 cm³/mol. The smallest absolute Gasteiger partial charge is 0.267 e. The molecule has 1 aromatic carbocycles. The van der Waals surface area contributed by atoms with E-state index in [0.29, 0.717) is 34.0 Å². The maximum absolute atomic E-state index is 13.7. The monoisotopic (exact) mass is 473 g/mol. The highest BCUT2D eigenvalue weighted by Crippen LogP contribution is 2.48. The van der Waals surface area contributed by atoms with Crippen LogP contribution in [0.1, 0.15) is 29.8 Å². The van der Waals surface area contributed by atoms with Crippen LogP contribution in [0.3, 0.4) is 0 Å². The third-order valence-corrected chi connectivity index (χ3v) is 6.27. The largest absolute Gasteiger partial charge is 0.382 e. The van der Waals surface area contributed by atoms with Crippen LogP contribution in [0.2, 0.25) is 5.02 Å². The molecule has 3 heterocycles. The molecule has 1 aliphatic rings. The number of pyridine rings is 1. The van der Waals surface area contributed by atoms with Crippen molar-refractivity contribution in [2.24, 2.45) is 0 Å². The summed E-state index contributed by atoms with van der Waals surface area (Å²) in [7, 11) is 0. The number of anilines is 3. The van der Waals surface area contributed by atoms with Gasteiger partial charge in [-0.3, -0.25) is 14.3 Å². The van der Waals surface area contributed by atoms with E-state index in [-0.39, 0.29) is 28.7 Å². The molecule has 1 fully saturated rings. The Hall–Kier alpha value is -4.23. The number of aryl methyl sites for hydroxylation is 1. The van der Waals surface area contributed by atoms with Crippen molar-refractivity contribution in [3.63, 3.8) is 0 Å². The minimum absolute atomic E-state index is 0.00330. The van der Waals surface area contributed by atoms with Crippen molar-refractivity contribution < 1.29 is 0 Å². The van der Waals surface area contributed by atoms with Crippen LogP contribution in [-0.4, -0.2) is 31.0 Å². The maximum Gasteiger partial charge on any atom is 0.267 e. The number of benzene rings is 1. The van der Waals surface area contributed by atoms with Crippen molar-refractivity contribution >= 4 is 40.1 Å². The van der Waals surface area contributed by atoms with Crippen molar-refractivity contribution in [1.82, 2.24) is 24.5 Å². The molecule has 0 atom stereocenters. The number of nitrogen functional groups attached to an aromatic ring is 2. The van der Waals surface area contributed by atoms with E-state index in [1.165, 1.54) is 0 Å². The number of nitrogens with two attached hydrogens (primary N) is 2. The Kier molecular flexibility index (Phi) is 5.06. The zero-order valence-electron chi connectivity index (χ0n) is 18.2. The molecule has 0 radical (unpaired) electrons. The van der Waals surface area contributed by atoms with Crippen LogP contribution < -0.4 is 22.3 Å². The van der Waals surface area contributed by atoms with E-state index < -0.39 is 5.41 Å². The van der Waals surface area contributed by atoms with E-state index in [9.17, 15) is 10.1 Å². The number of rotatable bonds is 5. The quantitative estimate of drug-likeness (QED) is 0.395. The van der Waals surface area contributed by atoms with Crippen molar-refractivity contribution in [1.29, 1.82) is 5.26 Å².